The average Bonchev–Trinajstić information content (AvgIpc) is 2.79. The molecular formula is C12H13F2N3O2S2. The molecule has 21 heavy (non-hydrogen) atoms. The predicted octanol–water partition coefficient (Wildman–Crippen LogP) is 2.13. The molecule has 0 bridgehead atoms. The van der Waals surface area contributed by atoms with Gasteiger partial charge >= 0.3 is 0 Å². The molecule has 0 aliphatic carbocycles. The highest BCUT2D eigenvalue weighted by Crippen LogP contribution is 2.25. The lowest BCUT2D eigenvalue weighted by Gasteiger charge is -2.17. The number of aromatic nitrogens is 1. The van der Waals surface area contributed by atoms with Crippen molar-refractivity contribution in [3.63, 3.8) is 0 Å². The summed E-state index contributed by atoms with van der Waals surface area (Å²) < 4.78 is 52.4. The lowest BCUT2D eigenvalue weighted by atomic mass is 10.3. The van der Waals surface area contributed by atoms with Crippen molar-refractivity contribution in [3.8, 4) is 0 Å². The van der Waals surface area contributed by atoms with Crippen LogP contribution >= 0.6 is 11.3 Å². The van der Waals surface area contributed by atoms with Gasteiger partial charge in [-0.25, -0.2) is 22.2 Å². The zero-order valence-electron chi connectivity index (χ0n) is 11.3. The first-order valence-corrected chi connectivity index (χ1v) is 8.09. The molecule has 2 aromatic rings. The molecule has 0 spiro atoms. The Bertz CT molecular complexity index is 775. The monoisotopic (exact) mass is 333 g/mol. The van der Waals surface area contributed by atoms with Gasteiger partial charge in [0.1, 0.15) is 16.5 Å². The smallest absolute Gasteiger partial charge is 0.246 e. The normalized spacial score (nSPS) is 12.0. The molecule has 1 aromatic heterocycles. The Balaban J connectivity index is 2.35. The van der Waals surface area contributed by atoms with Crippen LogP contribution in [-0.2, 0) is 16.6 Å². The van der Waals surface area contributed by atoms with Crippen LogP contribution in [0, 0.1) is 18.6 Å². The molecule has 0 aliphatic heterocycles. The molecule has 0 radical (unpaired) electrons. The highest BCUT2D eigenvalue weighted by molar-refractivity contribution is 7.89. The molecule has 1 heterocycles. The third-order valence-corrected chi connectivity index (χ3v) is 5.50. The van der Waals surface area contributed by atoms with Crippen LogP contribution in [0.3, 0.4) is 0 Å². The number of sulfonamides is 1. The number of thiazole rings is 1. The van der Waals surface area contributed by atoms with Crippen LogP contribution in [-0.4, -0.2) is 24.8 Å². The van der Waals surface area contributed by atoms with Gasteiger partial charge in [0.25, 0.3) is 0 Å². The summed E-state index contributed by atoms with van der Waals surface area (Å²) in [5.74, 6) is -2.17. The number of nitrogen functional groups attached to an aromatic ring is 1. The highest BCUT2D eigenvalue weighted by atomic mass is 32.2. The molecule has 0 aliphatic rings. The van der Waals surface area contributed by atoms with Gasteiger partial charge in [0, 0.05) is 30.7 Å². The molecule has 0 saturated carbocycles. The Morgan fingerprint density at radius 1 is 1.33 bits per heavy atom. The summed E-state index contributed by atoms with van der Waals surface area (Å²) >= 11 is 1.34. The van der Waals surface area contributed by atoms with Gasteiger partial charge in [0.15, 0.2) is 0 Å². The van der Waals surface area contributed by atoms with Crippen molar-refractivity contribution in [1.29, 1.82) is 0 Å². The number of rotatable bonds is 4. The summed E-state index contributed by atoms with van der Waals surface area (Å²) in [5, 5.41) is 0.799. The highest BCUT2D eigenvalue weighted by Gasteiger charge is 2.26. The molecule has 9 heteroatoms. The third-order valence-electron chi connectivity index (χ3n) is 2.79. The Labute approximate surface area is 125 Å². The van der Waals surface area contributed by atoms with E-state index in [1.807, 2.05) is 0 Å². The lowest BCUT2D eigenvalue weighted by Crippen LogP contribution is -2.27. The van der Waals surface area contributed by atoms with Gasteiger partial charge in [0.05, 0.1) is 10.7 Å². The first kappa shape index (κ1) is 15.8. The Morgan fingerprint density at radius 2 is 2.00 bits per heavy atom. The van der Waals surface area contributed by atoms with Crippen LogP contribution < -0.4 is 5.73 Å². The number of benzene rings is 1. The molecule has 2 N–H and O–H groups in total. The van der Waals surface area contributed by atoms with E-state index in [4.69, 9.17) is 5.73 Å². The second-order valence-electron chi connectivity index (χ2n) is 4.41. The summed E-state index contributed by atoms with van der Waals surface area (Å²) in [6, 6.07) is 1.25. The molecule has 2 rings (SSSR count). The minimum Gasteiger partial charge on any atom is -0.396 e. The Kier molecular flexibility index (Phi) is 4.26. The van der Waals surface area contributed by atoms with Gasteiger partial charge < -0.3 is 5.73 Å². The van der Waals surface area contributed by atoms with E-state index in [0.717, 1.165) is 15.4 Å². The number of halogens is 2. The van der Waals surface area contributed by atoms with Crippen LogP contribution in [0.1, 0.15) is 9.88 Å². The second kappa shape index (κ2) is 5.66. The van der Waals surface area contributed by atoms with E-state index in [0.29, 0.717) is 10.9 Å². The van der Waals surface area contributed by atoms with Crippen LogP contribution in [0.4, 0.5) is 14.5 Å². The van der Waals surface area contributed by atoms with E-state index in [-0.39, 0.29) is 6.54 Å². The second-order valence-corrected chi connectivity index (χ2v) is 7.74. The number of nitrogens with zero attached hydrogens (tertiary/aromatic N) is 2. The summed E-state index contributed by atoms with van der Waals surface area (Å²) in [4.78, 5) is 4.09. The first-order valence-electron chi connectivity index (χ1n) is 5.84. The van der Waals surface area contributed by atoms with Crippen molar-refractivity contribution in [2.24, 2.45) is 0 Å². The lowest BCUT2D eigenvalue weighted by molar-refractivity contribution is 0.461. The van der Waals surface area contributed by atoms with Gasteiger partial charge in [-0.2, -0.15) is 4.31 Å². The first-order chi connectivity index (χ1) is 9.71. The number of nitrogens with two attached hydrogens (primary N) is 1. The predicted molar refractivity (Wildman–Crippen MR) is 76.3 cm³/mol. The standard InChI is InChI=1S/C12H13F2N3O2S2/c1-7-16-5-8(20-7)6-17(2)21(18,19)12-4-11(15)9(13)3-10(12)14/h3-5H,6,15H2,1-2H3. The molecule has 0 atom stereocenters. The maximum atomic E-state index is 13.7. The number of aryl methyl sites for hydroxylation is 1. The van der Waals surface area contributed by atoms with E-state index in [1.54, 1.807) is 13.1 Å². The van der Waals surface area contributed by atoms with Crippen molar-refractivity contribution in [3.05, 3.63) is 39.8 Å². The molecule has 5 nitrogen and oxygen atoms in total. The van der Waals surface area contributed by atoms with Gasteiger partial charge in [-0.05, 0) is 13.0 Å². The van der Waals surface area contributed by atoms with Crippen molar-refractivity contribution >= 4 is 27.0 Å². The topological polar surface area (TPSA) is 76.3 Å². The van der Waals surface area contributed by atoms with E-state index in [1.165, 1.54) is 18.4 Å². The SMILES string of the molecule is Cc1ncc(CN(C)S(=O)(=O)c2cc(N)c(F)cc2F)s1. The van der Waals surface area contributed by atoms with Crippen LogP contribution in [0.15, 0.2) is 23.2 Å². The molecule has 0 unspecified atom stereocenters. The van der Waals surface area contributed by atoms with Crippen LogP contribution in [0.25, 0.3) is 0 Å². The molecule has 1 aromatic carbocycles. The molecular weight excluding hydrogens is 320 g/mol. The van der Waals surface area contributed by atoms with Crippen molar-refractivity contribution < 1.29 is 17.2 Å². The maximum Gasteiger partial charge on any atom is 0.246 e. The fourth-order valence-electron chi connectivity index (χ4n) is 1.69. The van der Waals surface area contributed by atoms with Crippen LogP contribution in [0.5, 0.6) is 0 Å². The summed E-state index contributed by atoms with van der Waals surface area (Å²) in [6.45, 7) is 1.84. The summed E-state index contributed by atoms with van der Waals surface area (Å²) in [6.07, 6.45) is 1.56. The molecule has 0 amide bonds. The van der Waals surface area contributed by atoms with Crippen LogP contribution in [0.2, 0.25) is 0 Å². The Morgan fingerprint density at radius 3 is 2.57 bits per heavy atom. The fourth-order valence-corrected chi connectivity index (χ4v) is 3.85. The number of anilines is 1. The zero-order chi connectivity index (χ0) is 15.8. The fraction of sp³-hybridized carbons (Fsp3) is 0.250. The van der Waals surface area contributed by atoms with E-state index < -0.39 is 32.2 Å². The number of hydrogen-bond acceptors (Lipinski definition) is 5. The quantitative estimate of drug-likeness (QED) is 0.870. The molecule has 0 saturated heterocycles. The maximum absolute atomic E-state index is 13.7. The van der Waals surface area contributed by atoms with Gasteiger partial charge in [-0.3, -0.25) is 0 Å². The third kappa shape index (κ3) is 3.20. The minimum atomic E-state index is -4.11. The van der Waals surface area contributed by atoms with E-state index >= 15 is 0 Å². The van der Waals surface area contributed by atoms with Gasteiger partial charge in [0.2, 0.25) is 10.0 Å². The summed E-state index contributed by atoms with van der Waals surface area (Å²) in [5.41, 5.74) is 4.89. The number of hydrogen-bond donors (Lipinski definition) is 1. The van der Waals surface area contributed by atoms with E-state index in [9.17, 15) is 17.2 Å². The van der Waals surface area contributed by atoms with E-state index in [2.05, 4.69) is 4.98 Å². The van der Waals surface area contributed by atoms with Crippen molar-refractivity contribution in [1.82, 2.24) is 9.29 Å². The van der Waals surface area contributed by atoms with Crippen molar-refractivity contribution in [2.45, 2.75) is 18.4 Å². The molecule has 114 valence electrons. The van der Waals surface area contributed by atoms with Crippen molar-refractivity contribution in [2.75, 3.05) is 12.8 Å². The largest absolute Gasteiger partial charge is 0.396 e. The average molecular weight is 333 g/mol. The van der Waals surface area contributed by atoms with Gasteiger partial charge in [-0.1, -0.05) is 0 Å². The molecule has 0 fully saturated rings. The zero-order valence-corrected chi connectivity index (χ0v) is 12.9. The van der Waals surface area contributed by atoms with Gasteiger partial charge in [-0.15, -0.1) is 11.3 Å². The Hall–Kier alpha value is -1.58. The minimum absolute atomic E-state index is 0.0462. The summed E-state index contributed by atoms with van der Waals surface area (Å²) in [7, 11) is -2.80.